The molecule has 0 radical (unpaired) electrons. The third kappa shape index (κ3) is 1.62. The van der Waals surface area contributed by atoms with Gasteiger partial charge < -0.3 is 5.32 Å². The molecule has 0 heterocycles. The van der Waals surface area contributed by atoms with Gasteiger partial charge in [-0.05, 0) is 75.7 Å². The molecule has 0 aromatic carbocycles. The van der Waals surface area contributed by atoms with Crippen LogP contribution in [0.2, 0.25) is 0 Å². The van der Waals surface area contributed by atoms with E-state index in [0.29, 0.717) is 16.8 Å². The monoisotopic (exact) mass is 241 g/mol. The molecule has 4 aliphatic rings. The summed E-state index contributed by atoms with van der Waals surface area (Å²) in [6, 6.07) is 0.623. The molecule has 4 saturated carbocycles. The molecular weight excluding hydrogens is 218 g/mol. The van der Waals surface area contributed by atoms with Crippen molar-refractivity contribution in [3.63, 3.8) is 0 Å². The van der Waals surface area contributed by atoms with Gasteiger partial charge in [-0.2, -0.15) is 0 Å². The number of nitrogens with one attached hydrogen (secondary N) is 1. The summed E-state index contributed by atoms with van der Waals surface area (Å²) in [5.41, 5.74) is 0.485. The maximum atomic E-state index is 6.80. The third-order valence-electron chi connectivity index (χ3n) is 5.53. The van der Waals surface area contributed by atoms with E-state index in [1.807, 2.05) is 0 Å². The first-order chi connectivity index (χ1) is 7.63. The predicted octanol–water partition coefficient (Wildman–Crippen LogP) is 3.42. The minimum absolute atomic E-state index is 0.469. The fourth-order valence-corrected chi connectivity index (χ4v) is 5.61. The Morgan fingerprint density at radius 1 is 1.25 bits per heavy atom. The molecule has 4 rings (SSSR count). The van der Waals surface area contributed by atoms with E-state index in [1.54, 1.807) is 0 Å². The van der Waals surface area contributed by atoms with Gasteiger partial charge in [-0.1, -0.05) is 0 Å². The lowest BCUT2D eigenvalue weighted by atomic mass is 9.48. The highest BCUT2D eigenvalue weighted by molar-refractivity contribution is 6.21. The quantitative estimate of drug-likeness (QED) is 0.747. The molecule has 0 aromatic rings. The van der Waals surface area contributed by atoms with Gasteiger partial charge in [0.25, 0.3) is 0 Å². The summed E-state index contributed by atoms with van der Waals surface area (Å²) in [4.78, 5) is 0. The zero-order valence-corrected chi connectivity index (χ0v) is 11.3. The number of alkyl halides is 1. The van der Waals surface area contributed by atoms with E-state index >= 15 is 0 Å². The van der Waals surface area contributed by atoms with Crippen LogP contribution in [-0.2, 0) is 0 Å². The molecular formula is C14H24ClN. The van der Waals surface area contributed by atoms with Crippen molar-refractivity contribution in [3.8, 4) is 0 Å². The van der Waals surface area contributed by atoms with Gasteiger partial charge >= 0.3 is 0 Å². The number of hydrogen-bond donors (Lipinski definition) is 1. The first kappa shape index (κ1) is 11.3. The molecule has 0 saturated heterocycles. The molecule has 4 bridgehead atoms. The zero-order chi connectivity index (χ0) is 11.3. The third-order valence-corrected chi connectivity index (χ3v) is 6.35. The average molecular weight is 242 g/mol. The van der Waals surface area contributed by atoms with Crippen LogP contribution in [0, 0.1) is 23.2 Å². The number of rotatable bonds is 3. The Balaban J connectivity index is 1.82. The highest BCUT2D eigenvalue weighted by Gasteiger charge is 2.56. The summed E-state index contributed by atoms with van der Waals surface area (Å²) in [7, 11) is 2.08. The van der Waals surface area contributed by atoms with Gasteiger partial charge in [-0.15, -0.1) is 11.6 Å². The molecule has 0 amide bonds. The Morgan fingerprint density at radius 3 is 2.44 bits per heavy atom. The van der Waals surface area contributed by atoms with Gasteiger partial charge in [-0.25, -0.2) is 0 Å². The van der Waals surface area contributed by atoms with Crippen LogP contribution in [0.3, 0.4) is 0 Å². The van der Waals surface area contributed by atoms with Crippen molar-refractivity contribution in [2.45, 2.75) is 56.9 Å². The van der Waals surface area contributed by atoms with Crippen molar-refractivity contribution >= 4 is 11.6 Å². The summed E-state index contributed by atoms with van der Waals surface area (Å²) in [5.74, 6) is 2.87. The van der Waals surface area contributed by atoms with Gasteiger partial charge in [0.1, 0.15) is 0 Å². The van der Waals surface area contributed by atoms with E-state index in [1.165, 1.54) is 38.5 Å². The van der Waals surface area contributed by atoms with E-state index in [0.717, 1.165) is 17.8 Å². The second kappa shape index (κ2) is 3.88. The highest BCUT2D eigenvalue weighted by atomic mass is 35.5. The van der Waals surface area contributed by atoms with Gasteiger partial charge in [0, 0.05) is 11.4 Å². The average Bonchev–Trinajstić information content (AvgIpc) is 2.24. The first-order valence-electron chi connectivity index (χ1n) is 6.94. The lowest BCUT2D eigenvalue weighted by Crippen LogP contribution is -2.55. The summed E-state index contributed by atoms with van der Waals surface area (Å²) in [6.07, 6.45) is 8.50. The van der Waals surface area contributed by atoms with Crippen LogP contribution in [0.15, 0.2) is 0 Å². The van der Waals surface area contributed by atoms with Crippen molar-refractivity contribution in [2.24, 2.45) is 23.2 Å². The van der Waals surface area contributed by atoms with Gasteiger partial charge in [0.2, 0.25) is 0 Å². The minimum atomic E-state index is 0.469. The first-order valence-corrected chi connectivity index (χ1v) is 7.38. The van der Waals surface area contributed by atoms with E-state index in [-0.39, 0.29) is 0 Å². The lowest BCUT2D eigenvalue weighted by Gasteiger charge is -2.60. The summed E-state index contributed by atoms with van der Waals surface area (Å²) < 4.78 is 0. The second-order valence-corrected chi connectivity index (χ2v) is 7.24. The number of halogens is 1. The minimum Gasteiger partial charge on any atom is -0.317 e. The molecule has 4 aliphatic carbocycles. The molecule has 0 spiro atoms. The Labute approximate surface area is 104 Å². The topological polar surface area (TPSA) is 12.0 Å². The Hall–Kier alpha value is 0.250. The fourth-order valence-electron chi connectivity index (χ4n) is 5.14. The van der Waals surface area contributed by atoms with Gasteiger partial charge in [0.05, 0.1) is 0 Å². The van der Waals surface area contributed by atoms with Crippen molar-refractivity contribution < 1.29 is 0 Å². The largest absolute Gasteiger partial charge is 0.317 e. The van der Waals surface area contributed by atoms with Crippen LogP contribution in [0.25, 0.3) is 0 Å². The fraction of sp³-hybridized carbons (Fsp3) is 1.00. The highest BCUT2D eigenvalue weighted by Crippen LogP contribution is 2.63. The predicted molar refractivity (Wildman–Crippen MR) is 68.8 cm³/mol. The molecule has 16 heavy (non-hydrogen) atoms. The molecule has 6 atom stereocenters. The SMILES string of the molecule is CN[C@@H](C)CC12C[C@@H]3CC(C[C@@H](C3)C1)[C@@H]2Cl. The van der Waals surface area contributed by atoms with E-state index < -0.39 is 0 Å². The van der Waals surface area contributed by atoms with Crippen LogP contribution in [0.4, 0.5) is 0 Å². The standard InChI is InChI=1S/C14H24ClN/c1-9(16-2)6-14-7-10-3-11(8-14)5-12(4-10)13(14)15/h9-13,16H,3-8H2,1-2H3/t9-,10-,11+,12?,13-,14?/m0/s1. The second-order valence-electron chi connectivity index (χ2n) is 6.77. The molecule has 0 aromatic heterocycles. The smallest absolute Gasteiger partial charge is 0.0421 e. The van der Waals surface area contributed by atoms with Gasteiger partial charge in [-0.3, -0.25) is 0 Å². The Kier molecular flexibility index (Phi) is 2.75. The van der Waals surface area contributed by atoms with Crippen molar-refractivity contribution in [1.82, 2.24) is 5.32 Å². The van der Waals surface area contributed by atoms with Crippen molar-refractivity contribution in [1.29, 1.82) is 0 Å². The van der Waals surface area contributed by atoms with E-state index in [9.17, 15) is 0 Å². The molecule has 92 valence electrons. The van der Waals surface area contributed by atoms with Crippen molar-refractivity contribution in [2.75, 3.05) is 7.05 Å². The molecule has 1 N–H and O–H groups in total. The van der Waals surface area contributed by atoms with E-state index in [2.05, 4.69) is 19.3 Å². The van der Waals surface area contributed by atoms with Crippen LogP contribution in [-0.4, -0.2) is 18.5 Å². The molecule has 1 nitrogen and oxygen atoms in total. The van der Waals surface area contributed by atoms with Crippen molar-refractivity contribution in [3.05, 3.63) is 0 Å². The van der Waals surface area contributed by atoms with Crippen LogP contribution < -0.4 is 5.32 Å². The zero-order valence-electron chi connectivity index (χ0n) is 10.5. The van der Waals surface area contributed by atoms with E-state index in [4.69, 9.17) is 11.6 Å². The molecule has 2 unspecified atom stereocenters. The Morgan fingerprint density at radius 2 is 1.88 bits per heavy atom. The van der Waals surface area contributed by atoms with Crippen LogP contribution >= 0.6 is 11.6 Å². The molecule has 2 heteroatoms. The lowest BCUT2D eigenvalue weighted by molar-refractivity contribution is -0.0558. The molecule has 4 fully saturated rings. The number of hydrogen-bond acceptors (Lipinski definition) is 1. The maximum absolute atomic E-state index is 6.80. The maximum Gasteiger partial charge on any atom is 0.0421 e. The Bertz CT molecular complexity index is 264. The van der Waals surface area contributed by atoms with Crippen LogP contribution in [0.5, 0.6) is 0 Å². The van der Waals surface area contributed by atoms with Crippen LogP contribution in [0.1, 0.15) is 45.4 Å². The van der Waals surface area contributed by atoms with Gasteiger partial charge in [0.15, 0.2) is 0 Å². The normalized spacial score (nSPS) is 51.9. The summed E-state index contributed by atoms with van der Waals surface area (Å²) in [5, 5.41) is 3.87. The molecule has 0 aliphatic heterocycles. The summed E-state index contributed by atoms with van der Waals surface area (Å²) in [6.45, 7) is 2.31. The summed E-state index contributed by atoms with van der Waals surface area (Å²) >= 11 is 6.80.